The number of nitrogens with one attached hydrogen (secondary N) is 1. The van der Waals surface area contributed by atoms with Crippen LogP contribution in [0, 0.1) is 5.82 Å². The SMILES string of the molecule is CN(C)c1ccc(N(CCNC(=O)Cc2ccccc2F)S(C)(=O)=O)cc1. The first-order valence-corrected chi connectivity index (χ1v) is 10.3. The lowest BCUT2D eigenvalue weighted by Gasteiger charge is -2.23. The zero-order chi connectivity index (χ0) is 20.0. The molecule has 2 rings (SSSR count). The lowest BCUT2D eigenvalue weighted by molar-refractivity contribution is -0.120. The fourth-order valence-corrected chi connectivity index (χ4v) is 3.51. The average Bonchev–Trinajstić information content (AvgIpc) is 2.60. The molecule has 2 aromatic rings. The summed E-state index contributed by atoms with van der Waals surface area (Å²) >= 11 is 0. The second-order valence-electron chi connectivity index (χ2n) is 6.36. The number of sulfonamides is 1. The Labute approximate surface area is 159 Å². The minimum Gasteiger partial charge on any atom is -0.378 e. The molecule has 0 radical (unpaired) electrons. The van der Waals surface area contributed by atoms with Gasteiger partial charge in [0.05, 0.1) is 24.9 Å². The summed E-state index contributed by atoms with van der Waals surface area (Å²) in [6.07, 6.45) is 1.02. The largest absolute Gasteiger partial charge is 0.378 e. The van der Waals surface area contributed by atoms with Gasteiger partial charge in [0, 0.05) is 26.3 Å². The number of amides is 1. The topological polar surface area (TPSA) is 69.7 Å². The Morgan fingerprint density at radius 1 is 1.04 bits per heavy atom. The molecule has 0 aliphatic heterocycles. The first-order valence-electron chi connectivity index (χ1n) is 8.43. The van der Waals surface area contributed by atoms with Crippen molar-refractivity contribution in [2.24, 2.45) is 0 Å². The van der Waals surface area contributed by atoms with E-state index >= 15 is 0 Å². The van der Waals surface area contributed by atoms with Crippen LogP contribution < -0.4 is 14.5 Å². The van der Waals surface area contributed by atoms with Crippen molar-refractivity contribution >= 4 is 27.3 Å². The Balaban J connectivity index is 1.99. The van der Waals surface area contributed by atoms with Crippen molar-refractivity contribution in [2.45, 2.75) is 6.42 Å². The molecule has 0 heterocycles. The van der Waals surface area contributed by atoms with Crippen LogP contribution in [0.15, 0.2) is 48.5 Å². The maximum atomic E-state index is 13.6. The van der Waals surface area contributed by atoms with E-state index in [1.54, 1.807) is 30.3 Å². The van der Waals surface area contributed by atoms with E-state index in [4.69, 9.17) is 0 Å². The second kappa shape index (κ2) is 8.85. The Hall–Kier alpha value is -2.61. The Morgan fingerprint density at radius 2 is 1.63 bits per heavy atom. The Morgan fingerprint density at radius 3 is 2.19 bits per heavy atom. The molecule has 146 valence electrons. The van der Waals surface area contributed by atoms with Gasteiger partial charge in [0.25, 0.3) is 0 Å². The van der Waals surface area contributed by atoms with E-state index in [1.807, 2.05) is 31.1 Å². The highest BCUT2D eigenvalue weighted by Gasteiger charge is 2.17. The molecule has 0 bridgehead atoms. The van der Waals surface area contributed by atoms with Gasteiger partial charge in [-0.25, -0.2) is 12.8 Å². The van der Waals surface area contributed by atoms with Crippen LogP contribution >= 0.6 is 0 Å². The summed E-state index contributed by atoms with van der Waals surface area (Å²) in [5, 5.41) is 2.64. The van der Waals surface area contributed by atoms with Crippen LogP contribution in [0.25, 0.3) is 0 Å². The number of carbonyl (C=O) groups excluding carboxylic acids is 1. The molecule has 0 saturated carbocycles. The van der Waals surface area contributed by atoms with Crippen molar-refractivity contribution in [3.63, 3.8) is 0 Å². The summed E-state index contributed by atoms with van der Waals surface area (Å²) < 4.78 is 39.1. The van der Waals surface area contributed by atoms with Crippen LogP contribution in [0.4, 0.5) is 15.8 Å². The van der Waals surface area contributed by atoms with Crippen LogP contribution in [0.3, 0.4) is 0 Å². The highest BCUT2D eigenvalue weighted by atomic mass is 32.2. The van der Waals surface area contributed by atoms with Gasteiger partial charge < -0.3 is 10.2 Å². The number of anilines is 2. The summed E-state index contributed by atoms with van der Waals surface area (Å²) in [5.41, 5.74) is 1.77. The van der Waals surface area contributed by atoms with Crippen LogP contribution in [0.2, 0.25) is 0 Å². The number of carbonyl (C=O) groups is 1. The monoisotopic (exact) mass is 393 g/mol. The molecule has 8 heteroatoms. The van der Waals surface area contributed by atoms with Crippen molar-refractivity contribution in [3.05, 3.63) is 59.9 Å². The van der Waals surface area contributed by atoms with E-state index in [9.17, 15) is 17.6 Å². The third-order valence-corrected chi connectivity index (χ3v) is 5.19. The summed E-state index contributed by atoms with van der Waals surface area (Å²) in [4.78, 5) is 13.9. The van der Waals surface area contributed by atoms with Gasteiger partial charge in [-0.2, -0.15) is 0 Å². The molecule has 2 aromatic carbocycles. The van der Waals surface area contributed by atoms with E-state index < -0.39 is 15.8 Å². The van der Waals surface area contributed by atoms with E-state index in [2.05, 4.69) is 5.32 Å². The summed E-state index contributed by atoms with van der Waals surface area (Å²) in [5.74, 6) is -0.803. The molecule has 1 amide bonds. The molecule has 6 nitrogen and oxygen atoms in total. The van der Waals surface area contributed by atoms with Gasteiger partial charge in [-0.3, -0.25) is 9.10 Å². The van der Waals surface area contributed by atoms with E-state index in [1.165, 1.54) is 10.4 Å². The first-order chi connectivity index (χ1) is 12.7. The summed E-state index contributed by atoms with van der Waals surface area (Å²) in [7, 11) is 0.288. The smallest absolute Gasteiger partial charge is 0.232 e. The van der Waals surface area contributed by atoms with Gasteiger partial charge in [-0.1, -0.05) is 18.2 Å². The van der Waals surface area contributed by atoms with Gasteiger partial charge in [0.1, 0.15) is 5.82 Å². The molecule has 0 aliphatic carbocycles. The zero-order valence-corrected chi connectivity index (χ0v) is 16.5. The third-order valence-electron chi connectivity index (χ3n) is 4.00. The zero-order valence-electron chi connectivity index (χ0n) is 15.6. The Bertz CT molecular complexity index is 883. The third kappa shape index (κ3) is 5.96. The molecule has 0 saturated heterocycles. The molecular formula is C19H24FN3O3S. The maximum Gasteiger partial charge on any atom is 0.232 e. The number of benzene rings is 2. The predicted molar refractivity (Wildman–Crippen MR) is 106 cm³/mol. The number of rotatable bonds is 8. The highest BCUT2D eigenvalue weighted by Crippen LogP contribution is 2.21. The molecule has 0 atom stereocenters. The minimum atomic E-state index is -3.51. The van der Waals surface area contributed by atoms with Crippen molar-refractivity contribution in [3.8, 4) is 0 Å². The van der Waals surface area contributed by atoms with Crippen LogP contribution in [0.5, 0.6) is 0 Å². The Kier molecular flexibility index (Phi) is 6.79. The maximum absolute atomic E-state index is 13.6. The van der Waals surface area contributed by atoms with Gasteiger partial charge in [0.2, 0.25) is 15.9 Å². The fourth-order valence-electron chi connectivity index (χ4n) is 2.58. The van der Waals surface area contributed by atoms with Gasteiger partial charge in [0.15, 0.2) is 0 Å². The number of hydrogen-bond donors (Lipinski definition) is 1. The van der Waals surface area contributed by atoms with Crippen molar-refractivity contribution in [1.29, 1.82) is 0 Å². The molecule has 0 unspecified atom stereocenters. The first kappa shape index (κ1) is 20.7. The number of halogens is 1. The summed E-state index contributed by atoms with van der Waals surface area (Å²) in [6, 6.07) is 13.1. The van der Waals surface area contributed by atoms with Crippen molar-refractivity contribution in [1.82, 2.24) is 5.32 Å². The molecule has 0 aliphatic rings. The molecule has 0 spiro atoms. The normalized spacial score (nSPS) is 11.1. The lowest BCUT2D eigenvalue weighted by atomic mass is 10.1. The van der Waals surface area contributed by atoms with Crippen LogP contribution in [0.1, 0.15) is 5.56 Å². The predicted octanol–water partition coefficient (Wildman–Crippen LogP) is 2.02. The van der Waals surface area contributed by atoms with Crippen molar-refractivity contribution < 1.29 is 17.6 Å². The van der Waals surface area contributed by atoms with E-state index in [0.29, 0.717) is 11.3 Å². The molecule has 27 heavy (non-hydrogen) atoms. The molecule has 1 N–H and O–H groups in total. The fraction of sp³-hybridized carbons (Fsp3) is 0.316. The van der Waals surface area contributed by atoms with Gasteiger partial charge in [-0.15, -0.1) is 0 Å². The standard InChI is InChI=1S/C19H24FN3O3S/c1-22(2)16-8-10-17(11-9-16)23(27(3,25)26)13-12-21-19(24)14-15-6-4-5-7-18(15)20/h4-11H,12-14H2,1-3H3,(H,21,24). The van der Waals surface area contributed by atoms with Crippen molar-refractivity contribution in [2.75, 3.05) is 42.6 Å². The molecular weight excluding hydrogens is 369 g/mol. The lowest BCUT2D eigenvalue weighted by Crippen LogP contribution is -2.38. The van der Waals surface area contributed by atoms with E-state index in [-0.39, 0.29) is 25.4 Å². The second-order valence-corrected chi connectivity index (χ2v) is 8.27. The van der Waals surface area contributed by atoms with Crippen LogP contribution in [-0.4, -0.2) is 47.8 Å². The minimum absolute atomic E-state index is 0.0865. The van der Waals surface area contributed by atoms with Gasteiger partial charge in [-0.05, 0) is 35.9 Å². The number of hydrogen-bond acceptors (Lipinski definition) is 4. The average molecular weight is 393 g/mol. The summed E-state index contributed by atoms with van der Waals surface area (Å²) in [6.45, 7) is 0.207. The quantitative estimate of drug-likeness (QED) is 0.745. The van der Waals surface area contributed by atoms with E-state index in [0.717, 1.165) is 11.9 Å². The van der Waals surface area contributed by atoms with Crippen LogP contribution in [-0.2, 0) is 21.2 Å². The molecule has 0 aromatic heterocycles. The van der Waals surface area contributed by atoms with Gasteiger partial charge >= 0.3 is 0 Å². The highest BCUT2D eigenvalue weighted by molar-refractivity contribution is 7.92. The number of nitrogens with zero attached hydrogens (tertiary/aromatic N) is 2. The molecule has 0 fully saturated rings.